The van der Waals surface area contributed by atoms with Crippen molar-refractivity contribution >= 4 is 35.1 Å². The monoisotopic (exact) mass is 301 g/mol. The van der Waals surface area contributed by atoms with E-state index < -0.39 is 11.6 Å². The number of phenols is 1. The average Bonchev–Trinajstić information content (AvgIpc) is 2.33. The highest BCUT2D eigenvalue weighted by molar-refractivity contribution is 6.36. The zero-order valence-corrected chi connectivity index (χ0v) is 10.9. The van der Waals surface area contributed by atoms with E-state index in [0.717, 1.165) is 12.1 Å². The molecule has 2 rings (SSSR count). The predicted octanol–water partition coefficient (Wildman–Crippen LogP) is 4.73. The molecule has 0 bridgehead atoms. The van der Waals surface area contributed by atoms with Crippen molar-refractivity contribution in [3.05, 3.63) is 57.6 Å². The number of phenolic OH excluding ortho intramolecular Hbond substituents is 1. The Morgan fingerprint density at radius 1 is 1.11 bits per heavy atom. The molecule has 0 aromatic heterocycles. The summed E-state index contributed by atoms with van der Waals surface area (Å²) in [4.78, 5) is 3.82. The highest BCUT2D eigenvalue weighted by Gasteiger charge is 2.07. The molecule has 0 unspecified atom stereocenters. The van der Waals surface area contributed by atoms with Crippen LogP contribution in [0.25, 0.3) is 0 Å². The van der Waals surface area contributed by atoms with E-state index in [1.807, 2.05) is 0 Å². The van der Waals surface area contributed by atoms with Gasteiger partial charge < -0.3 is 5.11 Å². The van der Waals surface area contributed by atoms with E-state index in [0.29, 0.717) is 5.02 Å². The third kappa shape index (κ3) is 3.22. The Hall–Kier alpha value is -1.65. The first-order valence-electron chi connectivity index (χ1n) is 5.14. The second-order valence-corrected chi connectivity index (χ2v) is 4.52. The Morgan fingerprint density at radius 3 is 2.53 bits per heavy atom. The summed E-state index contributed by atoms with van der Waals surface area (Å²) in [5.74, 6) is -1.70. The second kappa shape index (κ2) is 5.55. The largest absolute Gasteiger partial charge is 0.506 e. The minimum absolute atomic E-state index is 0.0584. The van der Waals surface area contributed by atoms with Gasteiger partial charge in [-0.15, -0.1) is 0 Å². The molecule has 0 spiro atoms. The number of aliphatic imine (C=N–C) groups is 1. The van der Waals surface area contributed by atoms with Crippen molar-refractivity contribution in [2.75, 3.05) is 0 Å². The van der Waals surface area contributed by atoms with Crippen molar-refractivity contribution < 1.29 is 13.9 Å². The zero-order valence-electron chi connectivity index (χ0n) is 9.37. The van der Waals surface area contributed by atoms with Crippen LogP contribution in [0.15, 0.2) is 35.3 Å². The van der Waals surface area contributed by atoms with E-state index in [9.17, 15) is 13.9 Å². The third-order valence-corrected chi connectivity index (χ3v) is 2.82. The van der Waals surface area contributed by atoms with Crippen molar-refractivity contribution in [1.29, 1.82) is 0 Å². The van der Waals surface area contributed by atoms with Gasteiger partial charge >= 0.3 is 0 Å². The van der Waals surface area contributed by atoms with Gasteiger partial charge in [0.05, 0.1) is 10.7 Å². The van der Waals surface area contributed by atoms with E-state index in [1.165, 1.54) is 24.4 Å². The van der Waals surface area contributed by atoms with Crippen molar-refractivity contribution in [1.82, 2.24) is 0 Å². The lowest BCUT2D eigenvalue weighted by Gasteiger charge is -2.02. The average molecular weight is 302 g/mol. The molecule has 1 N–H and O–H groups in total. The maximum Gasteiger partial charge on any atom is 0.151 e. The molecule has 0 saturated heterocycles. The van der Waals surface area contributed by atoms with Crippen LogP contribution in [0.1, 0.15) is 5.56 Å². The molecule has 98 valence electrons. The summed E-state index contributed by atoms with van der Waals surface area (Å²) < 4.78 is 26.1. The van der Waals surface area contributed by atoms with Crippen LogP contribution in [0.3, 0.4) is 0 Å². The highest BCUT2D eigenvalue weighted by Crippen LogP contribution is 2.30. The number of halogens is 4. The van der Waals surface area contributed by atoms with Crippen LogP contribution in [0.4, 0.5) is 14.5 Å². The molecule has 2 aromatic carbocycles. The van der Waals surface area contributed by atoms with Gasteiger partial charge in [0.25, 0.3) is 0 Å². The van der Waals surface area contributed by atoms with Crippen molar-refractivity contribution in [3.8, 4) is 5.75 Å². The van der Waals surface area contributed by atoms with Crippen LogP contribution >= 0.6 is 23.2 Å². The number of rotatable bonds is 2. The Balaban J connectivity index is 2.38. The summed E-state index contributed by atoms with van der Waals surface area (Å²) in [6.45, 7) is 0. The predicted molar refractivity (Wildman–Crippen MR) is 71.7 cm³/mol. The SMILES string of the molecule is Oc1c(Cl)cc(Cl)cc1C=Nc1ccc(F)cc1F. The molecular weight excluding hydrogens is 295 g/mol. The quantitative estimate of drug-likeness (QED) is 0.799. The summed E-state index contributed by atoms with van der Waals surface area (Å²) >= 11 is 11.5. The number of nitrogens with zero attached hydrogens (tertiary/aromatic N) is 1. The summed E-state index contributed by atoms with van der Waals surface area (Å²) in [5, 5.41) is 10.1. The molecule has 0 radical (unpaired) electrons. The molecule has 0 saturated carbocycles. The first-order valence-corrected chi connectivity index (χ1v) is 5.90. The third-order valence-electron chi connectivity index (χ3n) is 2.31. The van der Waals surface area contributed by atoms with Gasteiger partial charge in [-0.1, -0.05) is 23.2 Å². The normalized spacial score (nSPS) is 11.2. The number of aromatic hydroxyl groups is 1. The molecule has 0 amide bonds. The topological polar surface area (TPSA) is 32.6 Å². The summed E-state index contributed by atoms with van der Waals surface area (Å²) in [7, 11) is 0. The van der Waals surface area contributed by atoms with Gasteiger partial charge in [0.15, 0.2) is 5.82 Å². The lowest BCUT2D eigenvalue weighted by molar-refractivity contribution is 0.475. The van der Waals surface area contributed by atoms with Gasteiger partial charge in [0, 0.05) is 22.9 Å². The van der Waals surface area contributed by atoms with Crippen LogP contribution in [0.2, 0.25) is 10.0 Å². The van der Waals surface area contributed by atoms with Crippen molar-refractivity contribution in [3.63, 3.8) is 0 Å². The molecule has 0 aliphatic carbocycles. The molecule has 6 heteroatoms. The standard InChI is InChI=1S/C13H7Cl2F2NO/c14-8-3-7(13(19)10(15)4-8)6-18-12-2-1-9(16)5-11(12)17/h1-6,19H. The van der Waals surface area contributed by atoms with Crippen LogP contribution in [-0.2, 0) is 0 Å². The van der Waals surface area contributed by atoms with Gasteiger partial charge in [-0.2, -0.15) is 0 Å². The van der Waals surface area contributed by atoms with Crippen LogP contribution < -0.4 is 0 Å². The van der Waals surface area contributed by atoms with Gasteiger partial charge in [-0.05, 0) is 24.3 Å². The minimum atomic E-state index is -0.802. The van der Waals surface area contributed by atoms with Crippen molar-refractivity contribution in [2.45, 2.75) is 0 Å². The molecule has 0 fully saturated rings. The Labute approximate surface area is 117 Å². The van der Waals surface area contributed by atoms with E-state index in [1.54, 1.807) is 0 Å². The fourth-order valence-electron chi connectivity index (χ4n) is 1.41. The summed E-state index contributed by atoms with van der Waals surface area (Å²) in [5.41, 5.74) is 0.179. The van der Waals surface area contributed by atoms with Crippen LogP contribution in [0.5, 0.6) is 5.75 Å². The Bertz CT molecular complexity index is 659. The minimum Gasteiger partial charge on any atom is -0.506 e. The maximum atomic E-state index is 13.3. The first-order chi connectivity index (χ1) is 8.97. The molecule has 2 aromatic rings. The van der Waals surface area contributed by atoms with Crippen LogP contribution in [-0.4, -0.2) is 11.3 Å². The van der Waals surface area contributed by atoms with Crippen molar-refractivity contribution in [2.24, 2.45) is 4.99 Å². The van der Waals surface area contributed by atoms with Gasteiger partial charge in [-0.25, -0.2) is 8.78 Å². The Morgan fingerprint density at radius 2 is 1.84 bits per heavy atom. The Kier molecular flexibility index (Phi) is 4.02. The van der Waals surface area contributed by atoms with E-state index in [-0.39, 0.29) is 22.0 Å². The second-order valence-electron chi connectivity index (χ2n) is 3.68. The number of hydrogen-bond donors (Lipinski definition) is 1. The van der Waals surface area contributed by atoms with Gasteiger partial charge in [0.1, 0.15) is 11.6 Å². The number of benzene rings is 2. The van der Waals surface area contributed by atoms with E-state index in [2.05, 4.69) is 4.99 Å². The molecule has 0 heterocycles. The molecule has 0 atom stereocenters. The lowest BCUT2D eigenvalue weighted by atomic mass is 10.2. The number of hydrogen-bond acceptors (Lipinski definition) is 2. The molecule has 0 aliphatic rings. The fraction of sp³-hybridized carbons (Fsp3) is 0. The van der Waals surface area contributed by atoms with E-state index in [4.69, 9.17) is 23.2 Å². The summed E-state index contributed by atoms with van der Waals surface area (Å²) in [6, 6.07) is 5.78. The van der Waals surface area contributed by atoms with Gasteiger partial charge in [0.2, 0.25) is 0 Å². The zero-order chi connectivity index (χ0) is 14.0. The first kappa shape index (κ1) is 13.8. The highest BCUT2D eigenvalue weighted by atomic mass is 35.5. The maximum absolute atomic E-state index is 13.3. The summed E-state index contributed by atoms with van der Waals surface area (Å²) in [6.07, 6.45) is 1.20. The molecular formula is C13H7Cl2F2NO. The molecule has 0 aliphatic heterocycles. The van der Waals surface area contributed by atoms with Gasteiger partial charge in [-0.3, -0.25) is 4.99 Å². The smallest absolute Gasteiger partial charge is 0.151 e. The van der Waals surface area contributed by atoms with Crippen LogP contribution in [0, 0.1) is 11.6 Å². The molecule has 19 heavy (non-hydrogen) atoms. The lowest BCUT2D eigenvalue weighted by Crippen LogP contribution is -1.85. The molecule has 2 nitrogen and oxygen atoms in total. The van der Waals surface area contributed by atoms with E-state index >= 15 is 0 Å². The fourth-order valence-corrected chi connectivity index (χ4v) is 1.92.